The van der Waals surface area contributed by atoms with Crippen molar-refractivity contribution in [1.29, 1.82) is 0 Å². The molecule has 2 N–H and O–H groups in total. The second-order valence-electron chi connectivity index (χ2n) is 12.3. The SMILES string of the molecule is COc1ccc(OC)c(S(=O)(=O)Nc2nc3c(s2)C[C@@]2(C)CC[C@H]([C@H](C)C(=O)N(C)Cc4ccccc4)[C@H](O)[C@H]2[C@@H]3C)c1. The highest BCUT2D eigenvalue weighted by Gasteiger charge is 2.54. The fourth-order valence-corrected chi connectivity index (χ4v) is 9.90. The standard InChI is InChI=1S/C32H41N3O6S2/c1-19(30(37)35(4)18-21-10-8-7-9-11-21)23-14-15-32(3)17-25-28(20(2)27(32)29(23)36)33-31(42-25)34-43(38,39)26-16-22(40-5)12-13-24(26)41-6/h7-13,16,19-20,23,27,29,36H,14-15,17-18H2,1-6H3,(H,33,34)/t19-,20-,23+,27+,29-,32+/m0/s1. The van der Waals surface area contributed by atoms with Crippen molar-refractivity contribution in [2.45, 2.75) is 63.5 Å². The molecule has 11 heteroatoms. The van der Waals surface area contributed by atoms with E-state index in [0.29, 0.717) is 18.7 Å². The molecule has 232 valence electrons. The van der Waals surface area contributed by atoms with Gasteiger partial charge >= 0.3 is 0 Å². The van der Waals surface area contributed by atoms with Gasteiger partial charge in [-0.3, -0.25) is 9.52 Å². The quantitative estimate of drug-likeness (QED) is 0.330. The van der Waals surface area contributed by atoms with Crippen molar-refractivity contribution in [3.05, 3.63) is 64.7 Å². The lowest BCUT2D eigenvalue weighted by molar-refractivity contribution is -0.144. The summed E-state index contributed by atoms with van der Waals surface area (Å²) in [6.45, 7) is 6.72. The molecule has 2 aliphatic carbocycles. The molecular formula is C32H41N3O6S2. The molecule has 0 saturated heterocycles. The number of hydrogen-bond donors (Lipinski definition) is 2. The minimum absolute atomic E-state index is 0.0268. The summed E-state index contributed by atoms with van der Waals surface area (Å²) in [5.74, 6) is -0.113. The zero-order valence-corrected chi connectivity index (χ0v) is 27.2. The molecule has 0 spiro atoms. The number of nitrogens with one attached hydrogen (secondary N) is 1. The minimum atomic E-state index is -4.02. The molecule has 0 radical (unpaired) electrons. The van der Waals surface area contributed by atoms with E-state index in [4.69, 9.17) is 14.5 Å². The molecule has 43 heavy (non-hydrogen) atoms. The van der Waals surface area contributed by atoms with Gasteiger partial charge in [0.1, 0.15) is 16.4 Å². The van der Waals surface area contributed by atoms with Crippen molar-refractivity contribution in [3.8, 4) is 11.5 Å². The van der Waals surface area contributed by atoms with Gasteiger partial charge in [0.15, 0.2) is 5.13 Å². The van der Waals surface area contributed by atoms with Crippen LogP contribution < -0.4 is 14.2 Å². The van der Waals surface area contributed by atoms with Gasteiger partial charge < -0.3 is 19.5 Å². The third-order valence-corrected chi connectivity index (χ3v) is 12.0. The van der Waals surface area contributed by atoms with Crippen molar-refractivity contribution in [2.75, 3.05) is 26.0 Å². The van der Waals surface area contributed by atoms with Crippen molar-refractivity contribution in [3.63, 3.8) is 0 Å². The molecule has 5 rings (SSSR count). The first kappa shape index (κ1) is 31.3. The maximum Gasteiger partial charge on any atom is 0.267 e. The van der Waals surface area contributed by atoms with Gasteiger partial charge in [0, 0.05) is 36.4 Å². The molecule has 1 heterocycles. The van der Waals surface area contributed by atoms with E-state index in [9.17, 15) is 18.3 Å². The van der Waals surface area contributed by atoms with Crippen LogP contribution >= 0.6 is 11.3 Å². The summed E-state index contributed by atoms with van der Waals surface area (Å²) in [4.78, 5) is 21.0. The molecule has 0 unspecified atom stereocenters. The summed E-state index contributed by atoms with van der Waals surface area (Å²) >= 11 is 1.34. The normalized spacial score (nSPS) is 25.7. The number of hydrogen-bond acceptors (Lipinski definition) is 8. The predicted octanol–water partition coefficient (Wildman–Crippen LogP) is 5.31. The van der Waals surface area contributed by atoms with E-state index in [1.807, 2.05) is 44.3 Å². The van der Waals surface area contributed by atoms with Crippen LogP contribution in [-0.4, -0.2) is 56.7 Å². The van der Waals surface area contributed by atoms with Crippen LogP contribution in [0.4, 0.5) is 5.13 Å². The lowest BCUT2D eigenvalue weighted by Gasteiger charge is -2.53. The largest absolute Gasteiger partial charge is 0.497 e. The number of fused-ring (bicyclic) bond motifs is 2. The average molecular weight is 628 g/mol. The molecule has 9 nitrogen and oxygen atoms in total. The molecule has 0 aliphatic heterocycles. The smallest absolute Gasteiger partial charge is 0.267 e. The first-order valence-electron chi connectivity index (χ1n) is 14.6. The van der Waals surface area contributed by atoms with Gasteiger partial charge in [-0.15, -0.1) is 11.3 Å². The number of amides is 1. The maximum atomic E-state index is 13.5. The Bertz CT molecular complexity index is 1580. The predicted molar refractivity (Wildman–Crippen MR) is 167 cm³/mol. The highest BCUT2D eigenvalue weighted by atomic mass is 32.2. The van der Waals surface area contributed by atoms with Crippen molar-refractivity contribution < 1.29 is 27.8 Å². The van der Waals surface area contributed by atoms with Crippen LogP contribution in [0.25, 0.3) is 0 Å². The van der Waals surface area contributed by atoms with Gasteiger partial charge in [-0.05, 0) is 54.2 Å². The number of aromatic nitrogens is 1. The number of aliphatic hydroxyl groups is 1. The summed E-state index contributed by atoms with van der Waals surface area (Å²) < 4.78 is 40.0. The maximum absolute atomic E-state index is 13.5. The molecule has 1 saturated carbocycles. The van der Waals surface area contributed by atoms with E-state index in [2.05, 4.69) is 18.6 Å². The van der Waals surface area contributed by atoms with E-state index < -0.39 is 16.1 Å². The van der Waals surface area contributed by atoms with E-state index >= 15 is 0 Å². The summed E-state index contributed by atoms with van der Waals surface area (Å²) in [7, 11) is 0.693. The Kier molecular flexibility index (Phi) is 8.79. The lowest BCUT2D eigenvalue weighted by atomic mass is 9.53. The van der Waals surface area contributed by atoms with Gasteiger partial charge in [0.25, 0.3) is 10.0 Å². The van der Waals surface area contributed by atoms with Gasteiger partial charge in [-0.25, -0.2) is 13.4 Å². The number of aliphatic hydroxyl groups excluding tert-OH is 1. The van der Waals surface area contributed by atoms with Crippen molar-refractivity contribution in [1.82, 2.24) is 9.88 Å². The number of methoxy groups -OCH3 is 2. The Morgan fingerprint density at radius 3 is 2.60 bits per heavy atom. The van der Waals surface area contributed by atoms with Crippen molar-refractivity contribution in [2.24, 2.45) is 23.2 Å². The number of ether oxygens (including phenoxy) is 2. The number of rotatable bonds is 9. The molecule has 3 aromatic rings. The highest BCUT2D eigenvalue weighted by molar-refractivity contribution is 7.93. The summed E-state index contributed by atoms with van der Waals surface area (Å²) in [6, 6.07) is 14.5. The average Bonchev–Trinajstić information content (AvgIpc) is 3.37. The van der Waals surface area contributed by atoms with Gasteiger partial charge in [0.05, 0.1) is 26.0 Å². The van der Waals surface area contributed by atoms with E-state index in [1.54, 1.807) is 17.0 Å². The fraction of sp³-hybridized carbons (Fsp3) is 0.500. The molecule has 0 bridgehead atoms. The molecule has 1 fully saturated rings. The van der Waals surface area contributed by atoms with Crippen LogP contribution in [-0.2, 0) is 27.8 Å². The number of sulfonamides is 1. The second-order valence-corrected chi connectivity index (χ2v) is 15.0. The lowest BCUT2D eigenvalue weighted by Crippen LogP contribution is -2.53. The molecule has 1 amide bonds. The Hall–Kier alpha value is -3.15. The number of benzene rings is 2. The van der Waals surface area contributed by atoms with Crippen LogP contribution in [0.1, 0.15) is 55.7 Å². The van der Waals surface area contributed by atoms with Crippen LogP contribution in [0.3, 0.4) is 0 Å². The number of nitrogens with zero attached hydrogens (tertiary/aromatic N) is 2. The third kappa shape index (κ3) is 5.99. The third-order valence-electron chi connectivity index (χ3n) is 9.47. The zero-order chi connectivity index (χ0) is 31.1. The Morgan fingerprint density at radius 2 is 1.93 bits per heavy atom. The Labute approximate surface area is 258 Å². The molecule has 2 aromatic carbocycles. The first-order chi connectivity index (χ1) is 20.4. The van der Waals surface area contributed by atoms with Gasteiger partial charge in [0.2, 0.25) is 5.91 Å². The molecule has 2 aliphatic rings. The van der Waals surface area contributed by atoms with Crippen LogP contribution in [0.5, 0.6) is 11.5 Å². The van der Waals surface area contributed by atoms with Gasteiger partial charge in [-0.1, -0.05) is 51.1 Å². The minimum Gasteiger partial charge on any atom is -0.497 e. The number of thiazole rings is 1. The van der Waals surface area contributed by atoms with E-state index in [-0.39, 0.29) is 50.8 Å². The number of carbonyl (C=O) groups is 1. The van der Waals surface area contributed by atoms with E-state index in [0.717, 1.165) is 29.0 Å². The van der Waals surface area contributed by atoms with Crippen LogP contribution in [0.15, 0.2) is 53.4 Å². The zero-order valence-electron chi connectivity index (χ0n) is 25.5. The highest BCUT2D eigenvalue weighted by Crippen LogP contribution is 2.57. The number of carbonyl (C=O) groups excluding carboxylic acids is 1. The topological polar surface area (TPSA) is 118 Å². The second kappa shape index (κ2) is 12.1. The Morgan fingerprint density at radius 1 is 1.21 bits per heavy atom. The van der Waals surface area contributed by atoms with E-state index in [1.165, 1.54) is 31.6 Å². The summed E-state index contributed by atoms with van der Waals surface area (Å²) in [5.41, 5.74) is 1.68. The molecule has 6 atom stereocenters. The van der Waals surface area contributed by atoms with Crippen molar-refractivity contribution >= 4 is 32.4 Å². The fourth-order valence-electron chi connectivity index (χ4n) is 7.22. The molecular weight excluding hydrogens is 587 g/mol. The first-order valence-corrected chi connectivity index (χ1v) is 16.9. The Balaban J connectivity index is 1.35. The monoisotopic (exact) mass is 627 g/mol. The van der Waals surface area contributed by atoms with Crippen LogP contribution in [0, 0.1) is 23.2 Å². The summed E-state index contributed by atoms with van der Waals surface area (Å²) in [6.07, 6.45) is 1.62. The van der Waals surface area contributed by atoms with Gasteiger partial charge in [-0.2, -0.15) is 0 Å². The van der Waals surface area contributed by atoms with Crippen LogP contribution in [0.2, 0.25) is 0 Å². The molecule has 1 aromatic heterocycles. The number of anilines is 1. The summed E-state index contributed by atoms with van der Waals surface area (Å²) in [5, 5.41) is 12.1.